The third-order valence-corrected chi connectivity index (χ3v) is 6.04. The van der Waals surface area contributed by atoms with E-state index in [4.69, 9.17) is 9.72 Å². The van der Waals surface area contributed by atoms with Gasteiger partial charge in [0.15, 0.2) is 11.5 Å². The molecule has 1 N–H and O–H groups in total. The number of aryl methyl sites for hydroxylation is 1. The van der Waals surface area contributed by atoms with E-state index in [9.17, 15) is 8.78 Å². The second-order valence-corrected chi connectivity index (χ2v) is 8.28. The van der Waals surface area contributed by atoms with E-state index in [1.54, 1.807) is 17.9 Å². The maximum absolute atomic E-state index is 14.7. The molecular formula is C23H20F2N6O. The van der Waals surface area contributed by atoms with Crippen LogP contribution in [0.5, 0.6) is 0 Å². The van der Waals surface area contributed by atoms with Crippen LogP contribution in [0.2, 0.25) is 0 Å². The Morgan fingerprint density at radius 3 is 2.88 bits per heavy atom. The van der Waals surface area contributed by atoms with Crippen LogP contribution in [0, 0.1) is 11.6 Å². The van der Waals surface area contributed by atoms with Gasteiger partial charge in [-0.05, 0) is 43.0 Å². The van der Waals surface area contributed by atoms with Gasteiger partial charge in [0.25, 0.3) is 0 Å². The van der Waals surface area contributed by atoms with E-state index in [0.29, 0.717) is 41.6 Å². The summed E-state index contributed by atoms with van der Waals surface area (Å²) in [6.45, 7) is 0.510. The smallest absolute Gasteiger partial charge is 0.182 e. The average molecular weight is 434 g/mol. The van der Waals surface area contributed by atoms with Crippen LogP contribution in [0.1, 0.15) is 48.4 Å². The molecule has 1 atom stereocenters. The topological polar surface area (TPSA) is 81.5 Å². The van der Waals surface area contributed by atoms with Crippen molar-refractivity contribution in [1.29, 1.82) is 0 Å². The van der Waals surface area contributed by atoms with Gasteiger partial charge in [0.1, 0.15) is 28.9 Å². The van der Waals surface area contributed by atoms with Crippen molar-refractivity contribution in [3.8, 4) is 11.3 Å². The van der Waals surface area contributed by atoms with Crippen LogP contribution in [-0.2, 0) is 11.8 Å². The van der Waals surface area contributed by atoms with E-state index in [2.05, 4.69) is 20.2 Å². The van der Waals surface area contributed by atoms with Gasteiger partial charge in [-0.1, -0.05) is 0 Å². The van der Waals surface area contributed by atoms with Crippen LogP contribution in [0.4, 0.5) is 8.78 Å². The number of ether oxygens (including phenoxy) is 1. The molecule has 1 aromatic carbocycles. The van der Waals surface area contributed by atoms with Crippen molar-refractivity contribution in [2.45, 2.75) is 31.3 Å². The van der Waals surface area contributed by atoms with Crippen molar-refractivity contribution in [3.63, 3.8) is 0 Å². The lowest BCUT2D eigenvalue weighted by Crippen LogP contribution is -2.13. The van der Waals surface area contributed by atoms with Crippen molar-refractivity contribution in [1.82, 2.24) is 29.7 Å². The summed E-state index contributed by atoms with van der Waals surface area (Å²) in [7, 11) is 1.80. The first kappa shape index (κ1) is 19.2. The molecule has 6 rings (SSSR count). The molecule has 3 aromatic heterocycles. The van der Waals surface area contributed by atoms with E-state index in [1.807, 2.05) is 12.3 Å². The largest absolute Gasteiger partial charge is 0.369 e. The molecule has 4 heterocycles. The van der Waals surface area contributed by atoms with Gasteiger partial charge in [0.05, 0.1) is 18.6 Å². The van der Waals surface area contributed by atoms with Crippen LogP contribution in [0.15, 0.2) is 36.8 Å². The monoisotopic (exact) mass is 434 g/mol. The number of halogens is 2. The summed E-state index contributed by atoms with van der Waals surface area (Å²) in [6.07, 6.45) is 8.18. The minimum absolute atomic E-state index is 0.207. The molecule has 9 heteroatoms. The van der Waals surface area contributed by atoms with Gasteiger partial charge >= 0.3 is 0 Å². The highest BCUT2D eigenvalue weighted by Gasteiger charge is 2.32. The van der Waals surface area contributed by atoms with Gasteiger partial charge < -0.3 is 9.30 Å². The van der Waals surface area contributed by atoms with Gasteiger partial charge in [-0.2, -0.15) is 5.10 Å². The molecular weight excluding hydrogens is 414 g/mol. The fourth-order valence-corrected chi connectivity index (χ4v) is 4.27. The zero-order chi connectivity index (χ0) is 21.8. The quantitative estimate of drug-likeness (QED) is 0.513. The SMILES string of the molecule is Cn1cnc2nc(C3=C[C@H](c4c[nH]nc4C4CC4)OCC3)nc(-c3ccc(F)cc3F)c21. The second-order valence-electron chi connectivity index (χ2n) is 8.28. The average Bonchev–Trinajstić information content (AvgIpc) is 3.40. The van der Waals surface area contributed by atoms with E-state index < -0.39 is 11.6 Å². The maximum Gasteiger partial charge on any atom is 0.182 e. The number of hydrogen-bond donors (Lipinski definition) is 1. The van der Waals surface area contributed by atoms with Crippen molar-refractivity contribution < 1.29 is 13.5 Å². The number of fused-ring (bicyclic) bond motifs is 1. The summed E-state index contributed by atoms with van der Waals surface area (Å²) in [5.74, 6) is -0.348. The molecule has 1 saturated carbocycles. The lowest BCUT2D eigenvalue weighted by molar-refractivity contribution is 0.0820. The number of aromatic amines is 1. The van der Waals surface area contributed by atoms with Gasteiger partial charge in [0.2, 0.25) is 0 Å². The first-order valence-electron chi connectivity index (χ1n) is 10.6. The van der Waals surface area contributed by atoms with E-state index in [1.165, 1.54) is 12.1 Å². The van der Waals surface area contributed by atoms with Crippen LogP contribution >= 0.6 is 0 Å². The fraction of sp³-hybridized carbons (Fsp3) is 0.304. The highest BCUT2D eigenvalue weighted by Crippen LogP contribution is 2.43. The normalized spacial score (nSPS) is 18.8. The van der Waals surface area contributed by atoms with E-state index in [0.717, 1.165) is 35.7 Å². The molecule has 2 aliphatic rings. The lowest BCUT2D eigenvalue weighted by atomic mass is 10.0. The number of hydrogen-bond acceptors (Lipinski definition) is 5. The molecule has 0 unspecified atom stereocenters. The standard InChI is InChI=1S/C23H20F2N6O/c1-31-11-26-23-21(31)20(15-5-4-14(24)9-17(15)25)28-22(29-23)13-6-7-32-18(8-13)16-10-27-30-19(16)12-2-3-12/h4-5,8-12,18H,2-3,6-7H2,1H3,(H,27,30)/t18-/m1/s1. The van der Waals surface area contributed by atoms with Gasteiger partial charge in [-0.25, -0.2) is 23.7 Å². The number of aromatic nitrogens is 6. The second kappa shape index (κ2) is 7.30. The summed E-state index contributed by atoms with van der Waals surface area (Å²) in [5, 5.41) is 7.38. The van der Waals surface area contributed by atoms with Crippen molar-refractivity contribution in [3.05, 3.63) is 65.5 Å². The van der Waals surface area contributed by atoms with Crippen LogP contribution < -0.4 is 0 Å². The summed E-state index contributed by atoms with van der Waals surface area (Å²) < 4.78 is 36.0. The molecule has 0 radical (unpaired) electrons. The molecule has 32 heavy (non-hydrogen) atoms. The Kier molecular flexibility index (Phi) is 4.39. The predicted octanol–water partition coefficient (Wildman–Crippen LogP) is 4.45. The van der Waals surface area contributed by atoms with E-state index in [-0.39, 0.29) is 11.7 Å². The molecule has 0 spiro atoms. The Bertz CT molecular complexity index is 1370. The summed E-state index contributed by atoms with van der Waals surface area (Å²) in [6, 6.07) is 3.49. The van der Waals surface area contributed by atoms with Crippen molar-refractivity contribution >= 4 is 16.7 Å². The third-order valence-electron chi connectivity index (χ3n) is 6.04. The zero-order valence-corrected chi connectivity index (χ0v) is 17.3. The minimum Gasteiger partial charge on any atom is -0.369 e. The zero-order valence-electron chi connectivity index (χ0n) is 17.3. The minimum atomic E-state index is -0.677. The number of rotatable bonds is 4. The number of benzene rings is 1. The molecule has 0 amide bonds. The van der Waals surface area contributed by atoms with Crippen LogP contribution in [-0.4, -0.2) is 36.3 Å². The van der Waals surface area contributed by atoms with Gasteiger partial charge in [-0.3, -0.25) is 5.10 Å². The van der Waals surface area contributed by atoms with Gasteiger partial charge in [0, 0.05) is 36.4 Å². The third kappa shape index (κ3) is 3.20. The first-order chi connectivity index (χ1) is 15.6. The first-order valence-corrected chi connectivity index (χ1v) is 10.6. The molecule has 0 saturated heterocycles. The Morgan fingerprint density at radius 2 is 2.06 bits per heavy atom. The Hall–Kier alpha value is -3.46. The predicted molar refractivity (Wildman–Crippen MR) is 114 cm³/mol. The van der Waals surface area contributed by atoms with E-state index >= 15 is 0 Å². The molecule has 4 aromatic rings. The maximum atomic E-state index is 14.7. The number of nitrogens with one attached hydrogen (secondary N) is 1. The van der Waals surface area contributed by atoms with Crippen molar-refractivity contribution in [2.75, 3.05) is 6.61 Å². The Labute approximate surface area is 182 Å². The highest BCUT2D eigenvalue weighted by molar-refractivity contribution is 5.89. The molecule has 7 nitrogen and oxygen atoms in total. The molecule has 1 fully saturated rings. The Morgan fingerprint density at radius 1 is 1.19 bits per heavy atom. The molecule has 0 bridgehead atoms. The molecule has 162 valence electrons. The summed E-state index contributed by atoms with van der Waals surface area (Å²) in [4.78, 5) is 13.7. The van der Waals surface area contributed by atoms with Gasteiger partial charge in [-0.15, -0.1) is 0 Å². The number of H-pyrrole nitrogens is 1. The number of nitrogens with zero attached hydrogens (tertiary/aromatic N) is 5. The summed E-state index contributed by atoms with van der Waals surface area (Å²) >= 11 is 0. The van der Waals surface area contributed by atoms with Crippen LogP contribution in [0.3, 0.4) is 0 Å². The lowest BCUT2D eigenvalue weighted by Gasteiger charge is -2.22. The fourth-order valence-electron chi connectivity index (χ4n) is 4.27. The summed E-state index contributed by atoms with van der Waals surface area (Å²) in [5.41, 5.74) is 4.64. The molecule has 1 aliphatic heterocycles. The highest BCUT2D eigenvalue weighted by atomic mass is 19.1. The molecule has 1 aliphatic carbocycles. The van der Waals surface area contributed by atoms with Crippen LogP contribution in [0.25, 0.3) is 28.0 Å². The van der Waals surface area contributed by atoms with Crippen molar-refractivity contribution in [2.24, 2.45) is 7.05 Å². The number of imidazole rings is 1. The Balaban J connectivity index is 1.47.